The van der Waals surface area contributed by atoms with Gasteiger partial charge in [0.1, 0.15) is 10.8 Å². The predicted octanol–water partition coefficient (Wildman–Crippen LogP) is 2.24. The number of anilines is 1. The Morgan fingerprint density at radius 3 is 2.52 bits per heavy atom. The summed E-state index contributed by atoms with van der Waals surface area (Å²) in [6.45, 7) is 3.43. The number of ether oxygens (including phenoxy) is 1. The number of hydrogen-bond donors (Lipinski definition) is 3. The van der Waals surface area contributed by atoms with Gasteiger partial charge in [0.15, 0.2) is 15.1 Å². The molecule has 1 unspecified atom stereocenters. The van der Waals surface area contributed by atoms with E-state index in [9.17, 15) is 22.8 Å². The van der Waals surface area contributed by atoms with Crippen molar-refractivity contribution in [3.8, 4) is 11.1 Å². The molecule has 224 valence electrons. The third kappa shape index (κ3) is 7.48. The lowest BCUT2D eigenvalue weighted by atomic mass is 10.0. The fraction of sp³-hybridized carbons (Fsp3) is 0.429. The van der Waals surface area contributed by atoms with E-state index in [2.05, 4.69) is 20.9 Å². The summed E-state index contributed by atoms with van der Waals surface area (Å²) >= 11 is 0.997. The van der Waals surface area contributed by atoms with Crippen LogP contribution in [-0.4, -0.2) is 87.2 Å². The minimum Gasteiger partial charge on any atom is -0.379 e. The Labute approximate surface area is 246 Å². The third-order valence-electron chi connectivity index (χ3n) is 6.99. The van der Waals surface area contributed by atoms with E-state index in [1.54, 1.807) is 30.3 Å². The molecule has 2 heterocycles. The second-order valence-corrected chi connectivity index (χ2v) is 13.6. The smallest absolute Gasteiger partial charge is 0.245 e. The molecule has 11 nitrogen and oxygen atoms in total. The molecule has 2 fully saturated rings. The predicted molar refractivity (Wildman–Crippen MR) is 157 cm³/mol. The van der Waals surface area contributed by atoms with Crippen LogP contribution in [0, 0.1) is 5.82 Å². The van der Waals surface area contributed by atoms with Crippen LogP contribution < -0.4 is 16.0 Å². The Balaban J connectivity index is 1.42. The van der Waals surface area contributed by atoms with Gasteiger partial charge in [0, 0.05) is 49.9 Å². The normalized spacial score (nSPS) is 16.6. The van der Waals surface area contributed by atoms with Crippen LogP contribution in [0.4, 0.5) is 10.1 Å². The Hall–Kier alpha value is -3.46. The molecule has 3 N–H and O–H groups in total. The van der Waals surface area contributed by atoms with E-state index >= 15 is 4.39 Å². The number of carbonyl (C=O) groups is 3. The Bertz CT molecular complexity index is 1580. The summed E-state index contributed by atoms with van der Waals surface area (Å²) in [6, 6.07) is 9.51. The van der Waals surface area contributed by atoms with Gasteiger partial charge in [-0.15, -0.1) is 11.3 Å². The van der Waals surface area contributed by atoms with Crippen LogP contribution in [0.25, 0.3) is 21.3 Å². The lowest BCUT2D eigenvalue weighted by Gasteiger charge is -2.27. The van der Waals surface area contributed by atoms with Crippen molar-refractivity contribution >= 4 is 54.8 Å². The summed E-state index contributed by atoms with van der Waals surface area (Å²) in [5.74, 6) is -2.34. The zero-order valence-electron chi connectivity index (χ0n) is 23.0. The quantitative estimate of drug-likeness (QED) is 0.297. The van der Waals surface area contributed by atoms with Crippen LogP contribution in [0.5, 0.6) is 0 Å². The van der Waals surface area contributed by atoms with E-state index in [1.807, 2.05) is 4.90 Å². The Morgan fingerprint density at radius 1 is 1.14 bits per heavy atom. The molecule has 3 aromatic rings. The molecule has 3 amide bonds. The average Bonchev–Trinajstić information content (AvgIpc) is 3.68. The maximum Gasteiger partial charge on any atom is 0.245 e. The van der Waals surface area contributed by atoms with Crippen molar-refractivity contribution in [1.29, 1.82) is 0 Å². The molecule has 1 aliphatic heterocycles. The van der Waals surface area contributed by atoms with E-state index in [1.165, 1.54) is 13.0 Å². The first-order chi connectivity index (χ1) is 20.1. The van der Waals surface area contributed by atoms with Gasteiger partial charge in [0.25, 0.3) is 0 Å². The van der Waals surface area contributed by atoms with Crippen molar-refractivity contribution < 1.29 is 31.9 Å². The molecular formula is C28H32FN5O6S2. The largest absolute Gasteiger partial charge is 0.379 e. The molecule has 42 heavy (non-hydrogen) atoms. The number of aromatic nitrogens is 1. The number of fused-ring (bicyclic) bond motifs is 1. The van der Waals surface area contributed by atoms with Crippen LogP contribution in [0.1, 0.15) is 30.0 Å². The first-order valence-electron chi connectivity index (χ1n) is 13.7. The van der Waals surface area contributed by atoms with Crippen molar-refractivity contribution in [2.24, 2.45) is 0 Å². The number of amides is 3. The maximum atomic E-state index is 15.2. The SMILES string of the molecule is CC(=O)Nc1ccc(-c2cc3sc(C(C(=O)NCC(=O)NC4CC4)S(=O)(=O)CCN4CCOCC4)nc3cc2F)cc1. The summed E-state index contributed by atoms with van der Waals surface area (Å²) in [6.07, 6.45) is 1.75. The van der Waals surface area contributed by atoms with Gasteiger partial charge in [-0.1, -0.05) is 12.1 Å². The van der Waals surface area contributed by atoms with Crippen LogP contribution in [0.3, 0.4) is 0 Å². The summed E-state index contributed by atoms with van der Waals surface area (Å²) in [5.41, 5.74) is 1.60. The minimum absolute atomic E-state index is 0.00429. The molecule has 1 saturated carbocycles. The number of thiazole rings is 1. The first-order valence-corrected chi connectivity index (χ1v) is 16.2. The minimum atomic E-state index is -4.07. The monoisotopic (exact) mass is 617 g/mol. The van der Waals surface area contributed by atoms with Gasteiger partial charge in [-0.3, -0.25) is 19.3 Å². The van der Waals surface area contributed by atoms with Gasteiger partial charge in [-0.2, -0.15) is 0 Å². The van der Waals surface area contributed by atoms with E-state index in [0.29, 0.717) is 42.3 Å². The first kappa shape index (κ1) is 30.0. The zero-order valence-corrected chi connectivity index (χ0v) is 24.7. The second kappa shape index (κ2) is 12.8. The molecule has 0 radical (unpaired) electrons. The van der Waals surface area contributed by atoms with Crippen molar-refractivity contribution in [1.82, 2.24) is 20.5 Å². The van der Waals surface area contributed by atoms with Crippen LogP contribution in [0.15, 0.2) is 36.4 Å². The van der Waals surface area contributed by atoms with Gasteiger partial charge < -0.3 is 20.7 Å². The molecule has 0 spiro atoms. The fourth-order valence-electron chi connectivity index (χ4n) is 4.63. The molecule has 1 aliphatic carbocycles. The number of rotatable bonds is 11. The molecule has 1 atom stereocenters. The Morgan fingerprint density at radius 2 is 1.86 bits per heavy atom. The number of nitrogens with zero attached hydrogens (tertiary/aromatic N) is 2. The lowest BCUT2D eigenvalue weighted by Crippen LogP contribution is -2.43. The average molecular weight is 618 g/mol. The molecule has 0 bridgehead atoms. The number of benzene rings is 2. The van der Waals surface area contributed by atoms with Gasteiger partial charge in [0.05, 0.1) is 35.7 Å². The lowest BCUT2D eigenvalue weighted by molar-refractivity contribution is -0.126. The summed E-state index contributed by atoms with van der Waals surface area (Å²) < 4.78 is 48.3. The molecule has 1 aromatic heterocycles. The number of carbonyl (C=O) groups excluding carboxylic acids is 3. The van der Waals surface area contributed by atoms with Gasteiger partial charge >= 0.3 is 0 Å². The second-order valence-electron chi connectivity index (χ2n) is 10.4. The molecule has 2 aromatic carbocycles. The van der Waals surface area contributed by atoms with Gasteiger partial charge in [-0.05, 0) is 36.6 Å². The highest BCUT2D eigenvalue weighted by atomic mass is 32.2. The number of halogens is 1. The maximum absolute atomic E-state index is 15.2. The summed E-state index contributed by atoms with van der Waals surface area (Å²) in [5, 5.41) is 6.23. The van der Waals surface area contributed by atoms with Crippen LogP contribution in [-0.2, 0) is 29.0 Å². The van der Waals surface area contributed by atoms with E-state index < -0.39 is 32.7 Å². The molecular weight excluding hydrogens is 585 g/mol. The number of hydrogen-bond acceptors (Lipinski definition) is 9. The third-order valence-corrected chi connectivity index (χ3v) is 10.1. The zero-order chi connectivity index (χ0) is 29.9. The number of nitrogens with one attached hydrogen (secondary N) is 3. The van der Waals surface area contributed by atoms with E-state index in [-0.39, 0.29) is 46.9 Å². The van der Waals surface area contributed by atoms with Crippen LogP contribution in [0.2, 0.25) is 0 Å². The standard InChI is InChI=1S/C28H32FN5O6S2/c1-17(35)31-19-4-2-18(3-5-19)21-14-24-23(15-22(21)29)33-28(41-24)26(27(37)30-16-25(36)32-20-6-7-20)42(38,39)13-10-34-8-11-40-12-9-34/h2-5,14-15,20,26H,6-13,16H2,1H3,(H,30,37)(H,31,35)(H,32,36). The van der Waals surface area contributed by atoms with E-state index in [4.69, 9.17) is 4.74 Å². The van der Waals surface area contributed by atoms with Crippen molar-refractivity contribution in [3.05, 3.63) is 47.2 Å². The fourth-order valence-corrected chi connectivity index (χ4v) is 7.70. The van der Waals surface area contributed by atoms with Gasteiger partial charge in [0.2, 0.25) is 17.7 Å². The molecule has 1 saturated heterocycles. The van der Waals surface area contributed by atoms with Crippen molar-refractivity contribution in [3.63, 3.8) is 0 Å². The summed E-state index contributed by atoms with van der Waals surface area (Å²) in [7, 11) is -4.07. The van der Waals surface area contributed by atoms with Crippen molar-refractivity contribution in [2.75, 3.05) is 50.5 Å². The molecule has 14 heteroatoms. The Kier molecular flexibility index (Phi) is 9.16. The topological polar surface area (TPSA) is 147 Å². The van der Waals surface area contributed by atoms with Crippen molar-refractivity contribution in [2.45, 2.75) is 31.1 Å². The highest BCUT2D eigenvalue weighted by Crippen LogP contribution is 2.36. The van der Waals surface area contributed by atoms with Crippen LogP contribution >= 0.6 is 11.3 Å². The molecule has 2 aliphatic rings. The highest BCUT2D eigenvalue weighted by molar-refractivity contribution is 7.92. The molecule has 5 rings (SSSR count). The number of sulfone groups is 1. The highest BCUT2D eigenvalue weighted by Gasteiger charge is 2.37. The van der Waals surface area contributed by atoms with Gasteiger partial charge in [-0.25, -0.2) is 17.8 Å². The summed E-state index contributed by atoms with van der Waals surface area (Å²) in [4.78, 5) is 43.2. The number of morpholine rings is 1. The van der Waals surface area contributed by atoms with E-state index in [0.717, 1.165) is 24.2 Å².